The second kappa shape index (κ2) is 9.54. The van der Waals surface area contributed by atoms with Crippen LogP contribution in [0.5, 0.6) is 0 Å². The van der Waals surface area contributed by atoms with E-state index in [0.29, 0.717) is 30.9 Å². The molecule has 0 radical (unpaired) electrons. The molecule has 2 atom stereocenters. The molecule has 30 heavy (non-hydrogen) atoms. The summed E-state index contributed by atoms with van der Waals surface area (Å²) in [5.74, 6) is -1.45. The average Bonchev–Trinajstić information content (AvgIpc) is 2.79. The SMILES string of the molecule is CCCc1ccc(C2OCC(C3CCC(c4ccc(C)c(F)c4F)CO3)CO2)cc1. The van der Waals surface area contributed by atoms with Gasteiger partial charge in [-0.25, -0.2) is 8.78 Å². The van der Waals surface area contributed by atoms with Crippen LogP contribution in [0.2, 0.25) is 0 Å². The first-order chi connectivity index (χ1) is 14.6. The molecule has 0 N–H and O–H groups in total. The molecule has 5 heteroatoms. The molecule has 2 fully saturated rings. The summed E-state index contributed by atoms with van der Waals surface area (Å²) in [7, 11) is 0. The van der Waals surface area contributed by atoms with Crippen LogP contribution in [0.4, 0.5) is 8.78 Å². The Morgan fingerprint density at radius 2 is 1.60 bits per heavy atom. The average molecular weight is 417 g/mol. The Balaban J connectivity index is 1.29. The molecule has 2 aromatic carbocycles. The van der Waals surface area contributed by atoms with Crippen molar-refractivity contribution < 1.29 is 23.0 Å². The maximum Gasteiger partial charge on any atom is 0.183 e. The van der Waals surface area contributed by atoms with Crippen LogP contribution >= 0.6 is 0 Å². The van der Waals surface area contributed by atoms with Gasteiger partial charge in [-0.15, -0.1) is 0 Å². The van der Waals surface area contributed by atoms with E-state index < -0.39 is 11.6 Å². The van der Waals surface area contributed by atoms with Crippen LogP contribution in [0.3, 0.4) is 0 Å². The molecule has 4 rings (SSSR count). The third-order valence-corrected chi connectivity index (χ3v) is 6.30. The van der Waals surface area contributed by atoms with Crippen molar-refractivity contribution in [1.29, 1.82) is 0 Å². The van der Waals surface area contributed by atoms with E-state index in [4.69, 9.17) is 14.2 Å². The van der Waals surface area contributed by atoms with Crippen molar-refractivity contribution in [3.05, 3.63) is 70.3 Å². The normalized spacial score (nSPS) is 27.2. The van der Waals surface area contributed by atoms with Gasteiger partial charge < -0.3 is 14.2 Å². The van der Waals surface area contributed by atoms with Crippen molar-refractivity contribution in [2.45, 2.75) is 57.8 Å². The van der Waals surface area contributed by atoms with E-state index >= 15 is 0 Å². The Morgan fingerprint density at radius 1 is 0.867 bits per heavy atom. The lowest BCUT2D eigenvalue weighted by Crippen LogP contribution is -2.39. The number of hydrogen-bond donors (Lipinski definition) is 0. The predicted octanol–water partition coefficient (Wildman–Crippen LogP) is 5.85. The summed E-state index contributed by atoms with van der Waals surface area (Å²) >= 11 is 0. The zero-order valence-corrected chi connectivity index (χ0v) is 17.7. The smallest absolute Gasteiger partial charge is 0.183 e. The number of benzene rings is 2. The Hall–Kier alpha value is -1.82. The number of ether oxygens (including phenoxy) is 3. The van der Waals surface area contributed by atoms with Crippen LogP contribution < -0.4 is 0 Å². The highest BCUT2D eigenvalue weighted by Gasteiger charge is 2.34. The molecule has 0 saturated carbocycles. The largest absolute Gasteiger partial charge is 0.377 e. The monoisotopic (exact) mass is 416 g/mol. The minimum Gasteiger partial charge on any atom is -0.377 e. The molecule has 0 bridgehead atoms. The van der Waals surface area contributed by atoms with Gasteiger partial charge in [0, 0.05) is 17.4 Å². The standard InChI is InChI=1S/C25H30F2O3/c1-3-4-17-6-8-18(9-7-17)25-29-14-20(15-30-25)22-12-10-19(13-28-22)21-11-5-16(2)23(26)24(21)27/h5-9,11,19-20,22,25H,3-4,10,12-15H2,1-2H3. The van der Waals surface area contributed by atoms with Gasteiger partial charge in [0.15, 0.2) is 17.9 Å². The Morgan fingerprint density at radius 3 is 2.23 bits per heavy atom. The lowest BCUT2D eigenvalue weighted by molar-refractivity contribution is -0.226. The van der Waals surface area contributed by atoms with Crippen molar-refractivity contribution in [2.24, 2.45) is 5.92 Å². The second-order valence-corrected chi connectivity index (χ2v) is 8.50. The van der Waals surface area contributed by atoms with E-state index in [1.165, 1.54) is 5.56 Å². The first-order valence-electron chi connectivity index (χ1n) is 10.9. The first kappa shape index (κ1) is 21.4. The molecular weight excluding hydrogens is 386 g/mol. The summed E-state index contributed by atoms with van der Waals surface area (Å²) in [4.78, 5) is 0. The summed E-state index contributed by atoms with van der Waals surface area (Å²) in [5.41, 5.74) is 3.11. The zero-order valence-electron chi connectivity index (χ0n) is 17.7. The number of aryl methyl sites for hydroxylation is 2. The molecule has 162 valence electrons. The minimum absolute atomic E-state index is 0.0208. The third kappa shape index (κ3) is 4.58. The fourth-order valence-corrected chi connectivity index (χ4v) is 4.42. The van der Waals surface area contributed by atoms with Gasteiger partial charge in [-0.05, 0) is 42.9 Å². The van der Waals surface area contributed by atoms with Gasteiger partial charge in [0.2, 0.25) is 0 Å². The fraction of sp³-hybridized carbons (Fsp3) is 0.520. The topological polar surface area (TPSA) is 27.7 Å². The van der Waals surface area contributed by atoms with Crippen molar-refractivity contribution in [3.8, 4) is 0 Å². The second-order valence-electron chi connectivity index (χ2n) is 8.50. The summed E-state index contributed by atoms with van der Waals surface area (Å²) in [6.45, 7) is 5.29. The Labute approximate surface area is 177 Å². The highest BCUT2D eigenvalue weighted by atomic mass is 19.2. The van der Waals surface area contributed by atoms with Gasteiger partial charge in [-0.1, -0.05) is 49.7 Å². The third-order valence-electron chi connectivity index (χ3n) is 6.30. The fourth-order valence-electron chi connectivity index (χ4n) is 4.42. The van der Waals surface area contributed by atoms with E-state index in [9.17, 15) is 8.78 Å². The molecule has 0 aromatic heterocycles. The van der Waals surface area contributed by atoms with Gasteiger partial charge in [-0.3, -0.25) is 0 Å². The van der Waals surface area contributed by atoms with E-state index in [2.05, 4.69) is 31.2 Å². The maximum atomic E-state index is 14.3. The van der Waals surface area contributed by atoms with Gasteiger partial charge >= 0.3 is 0 Å². The highest BCUT2D eigenvalue weighted by Crippen LogP contribution is 2.35. The Kier molecular flexibility index (Phi) is 6.81. The van der Waals surface area contributed by atoms with Crippen LogP contribution in [0.25, 0.3) is 0 Å². The van der Waals surface area contributed by atoms with Crippen molar-refractivity contribution in [3.63, 3.8) is 0 Å². The van der Waals surface area contributed by atoms with Gasteiger partial charge in [-0.2, -0.15) is 0 Å². The molecule has 3 nitrogen and oxygen atoms in total. The molecule has 2 aliphatic heterocycles. The summed E-state index contributed by atoms with van der Waals surface area (Å²) in [6, 6.07) is 11.7. The molecule has 2 aliphatic rings. The van der Waals surface area contributed by atoms with E-state index in [1.54, 1.807) is 19.1 Å². The van der Waals surface area contributed by atoms with E-state index in [-0.39, 0.29) is 24.2 Å². The number of halogens is 2. The molecule has 2 saturated heterocycles. The van der Waals surface area contributed by atoms with Gasteiger partial charge in [0.25, 0.3) is 0 Å². The van der Waals surface area contributed by atoms with Crippen LogP contribution in [0.1, 0.15) is 60.6 Å². The molecule has 2 unspecified atom stereocenters. The van der Waals surface area contributed by atoms with Crippen LogP contribution in [-0.4, -0.2) is 25.9 Å². The lowest BCUT2D eigenvalue weighted by Gasteiger charge is -2.38. The molecule has 2 aromatic rings. The van der Waals surface area contributed by atoms with Crippen LogP contribution in [0, 0.1) is 24.5 Å². The lowest BCUT2D eigenvalue weighted by atomic mass is 9.87. The Bertz CT molecular complexity index is 836. The summed E-state index contributed by atoms with van der Waals surface area (Å²) in [5, 5.41) is 0. The molecular formula is C25H30F2O3. The van der Waals surface area contributed by atoms with Crippen LogP contribution in [-0.2, 0) is 20.6 Å². The van der Waals surface area contributed by atoms with Crippen molar-refractivity contribution >= 4 is 0 Å². The molecule has 0 spiro atoms. The van der Waals surface area contributed by atoms with Gasteiger partial charge in [0.1, 0.15) is 0 Å². The minimum atomic E-state index is -0.752. The van der Waals surface area contributed by atoms with Gasteiger partial charge in [0.05, 0.1) is 25.9 Å². The van der Waals surface area contributed by atoms with Crippen molar-refractivity contribution in [1.82, 2.24) is 0 Å². The molecule has 2 heterocycles. The van der Waals surface area contributed by atoms with E-state index in [1.807, 2.05) is 0 Å². The summed E-state index contributed by atoms with van der Waals surface area (Å²) < 4.78 is 46.2. The predicted molar refractivity (Wildman–Crippen MR) is 111 cm³/mol. The quantitative estimate of drug-likeness (QED) is 0.612. The van der Waals surface area contributed by atoms with Crippen molar-refractivity contribution in [2.75, 3.05) is 19.8 Å². The zero-order chi connectivity index (χ0) is 21.1. The molecule has 0 aliphatic carbocycles. The van der Waals surface area contributed by atoms with E-state index in [0.717, 1.165) is 31.2 Å². The maximum absolute atomic E-state index is 14.3. The highest BCUT2D eigenvalue weighted by molar-refractivity contribution is 5.28. The van der Waals surface area contributed by atoms with Crippen LogP contribution in [0.15, 0.2) is 36.4 Å². The first-order valence-corrected chi connectivity index (χ1v) is 10.9. The molecule has 0 amide bonds. The summed E-state index contributed by atoms with van der Waals surface area (Å²) in [6.07, 6.45) is 3.44. The number of hydrogen-bond acceptors (Lipinski definition) is 3. The number of rotatable bonds is 5.